The van der Waals surface area contributed by atoms with E-state index in [1.807, 2.05) is 48.5 Å². The van der Waals surface area contributed by atoms with Gasteiger partial charge in [0.15, 0.2) is 5.06 Å². The summed E-state index contributed by atoms with van der Waals surface area (Å²) in [5.41, 5.74) is 1.14. The van der Waals surface area contributed by atoms with E-state index in [0.29, 0.717) is 11.9 Å². The summed E-state index contributed by atoms with van der Waals surface area (Å²) >= 11 is 1.19. The minimum atomic E-state index is -0.182. The Morgan fingerprint density at radius 1 is 1.05 bits per heavy atom. The molecule has 0 unspecified atom stereocenters. The van der Waals surface area contributed by atoms with Crippen molar-refractivity contribution in [2.45, 2.75) is 6.54 Å². The summed E-state index contributed by atoms with van der Waals surface area (Å²) in [6.07, 6.45) is 1.47. The Kier molecular flexibility index (Phi) is 3.79. The Balaban J connectivity index is 1.95. The van der Waals surface area contributed by atoms with Crippen LogP contribution in [0.3, 0.4) is 0 Å². The lowest BCUT2D eigenvalue weighted by Crippen LogP contribution is -2.07. The molecule has 1 N–H and O–H groups in total. The molecule has 1 heterocycles. The largest absolute Gasteiger partial charge is 0.499 e. The number of hydrogen-bond donors (Lipinski definition) is 1. The highest BCUT2D eigenvalue weighted by molar-refractivity contribution is 7.20. The fourth-order valence-corrected chi connectivity index (χ4v) is 2.97. The van der Waals surface area contributed by atoms with Crippen LogP contribution in [0.2, 0.25) is 0 Å². The summed E-state index contributed by atoms with van der Waals surface area (Å²) in [6, 6.07) is 17.0. The quantitative estimate of drug-likeness (QED) is 0.751. The molecule has 1 aromatic heterocycles. The summed E-state index contributed by atoms with van der Waals surface area (Å²) in [5.74, 6) is 0. The van der Waals surface area contributed by atoms with E-state index in [4.69, 9.17) is 0 Å². The van der Waals surface area contributed by atoms with Gasteiger partial charge < -0.3 is 5.11 Å². The van der Waals surface area contributed by atoms with Gasteiger partial charge in [0.2, 0.25) is 5.43 Å². The van der Waals surface area contributed by atoms with Crippen molar-refractivity contribution in [1.82, 2.24) is 0 Å². The molecule has 0 fully saturated rings. The molecule has 0 radical (unpaired) electrons. The number of aliphatic imine (C=N–C) groups is 1. The zero-order chi connectivity index (χ0) is 14.7. The molecule has 0 spiro atoms. The van der Waals surface area contributed by atoms with Crippen molar-refractivity contribution in [1.29, 1.82) is 0 Å². The highest BCUT2D eigenvalue weighted by atomic mass is 32.1. The van der Waals surface area contributed by atoms with E-state index in [1.54, 1.807) is 6.07 Å². The molecule has 0 atom stereocenters. The number of benzene rings is 2. The second-order valence-electron chi connectivity index (χ2n) is 4.60. The van der Waals surface area contributed by atoms with Crippen LogP contribution in [0.5, 0.6) is 5.06 Å². The fourth-order valence-electron chi connectivity index (χ4n) is 2.08. The van der Waals surface area contributed by atoms with Crippen LogP contribution in [-0.4, -0.2) is 11.3 Å². The van der Waals surface area contributed by atoms with Gasteiger partial charge in [-0.05, 0) is 17.7 Å². The van der Waals surface area contributed by atoms with Gasteiger partial charge >= 0.3 is 0 Å². The molecule has 0 aliphatic heterocycles. The highest BCUT2D eigenvalue weighted by Gasteiger charge is 2.09. The van der Waals surface area contributed by atoms with Gasteiger partial charge in [-0.1, -0.05) is 53.8 Å². The first kappa shape index (κ1) is 13.5. The lowest BCUT2D eigenvalue weighted by Gasteiger charge is -2.01. The van der Waals surface area contributed by atoms with E-state index in [2.05, 4.69) is 4.99 Å². The first-order valence-electron chi connectivity index (χ1n) is 6.54. The molecular weight excluding hydrogens is 282 g/mol. The molecule has 0 saturated heterocycles. The molecule has 0 aliphatic rings. The zero-order valence-corrected chi connectivity index (χ0v) is 12.0. The van der Waals surface area contributed by atoms with E-state index in [9.17, 15) is 9.90 Å². The van der Waals surface area contributed by atoms with Crippen LogP contribution in [0.4, 0.5) is 0 Å². The molecule has 0 saturated carbocycles. The third-order valence-electron chi connectivity index (χ3n) is 3.15. The summed E-state index contributed by atoms with van der Waals surface area (Å²) in [6.45, 7) is 0.483. The van der Waals surface area contributed by atoms with E-state index in [1.165, 1.54) is 17.6 Å². The predicted molar refractivity (Wildman–Crippen MR) is 87.5 cm³/mol. The average Bonchev–Trinajstić information content (AvgIpc) is 2.51. The molecule has 2 aromatic carbocycles. The van der Waals surface area contributed by atoms with Crippen molar-refractivity contribution in [3.63, 3.8) is 0 Å². The van der Waals surface area contributed by atoms with Gasteiger partial charge in [-0.3, -0.25) is 9.79 Å². The van der Waals surface area contributed by atoms with Crippen molar-refractivity contribution in [2.75, 3.05) is 0 Å². The predicted octanol–water partition coefficient (Wildman–Crippen LogP) is 3.59. The van der Waals surface area contributed by atoms with E-state index in [0.717, 1.165) is 10.3 Å². The minimum Gasteiger partial charge on any atom is -0.499 e. The molecule has 3 nitrogen and oxygen atoms in total. The normalized spacial score (nSPS) is 11.2. The summed E-state index contributed by atoms with van der Waals surface area (Å²) in [4.78, 5) is 16.6. The topological polar surface area (TPSA) is 49.7 Å². The molecule has 0 bridgehead atoms. The number of aromatic hydroxyl groups is 1. The van der Waals surface area contributed by atoms with Crippen molar-refractivity contribution in [2.24, 2.45) is 4.99 Å². The zero-order valence-electron chi connectivity index (χ0n) is 11.2. The van der Waals surface area contributed by atoms with Crippen LogP contribution in [0.25, 0.3) is 10.1 Å². The van der Waals surface area contributed by atoms with Crippen LogP contribution in [0.1, 0.15) is 11.1 Å². The summed E-state index contributed by atoms with van der Waals surface area (Å²) in [7, 11) is 0. The second kappa shape index (κ2) is 5.89. The van der Waals surface area contributed by atoms with Crippen LogP contribution >= 0.6 is 11.3 Å². The molecule has 3 rings (SSSR count). The molecule has 21 heavy (non-hydrogen) atoms. The summed E-state index contributed by atoms with van der Waals surface area (Å²) in [5, 5.41) is 10.6. The molecule has 4 heteroatoms. The molecular formula is C17H13NO2S. The van der Waals surface area contributed by atoms with Gasteiger partial charge in [0.05, 0.1) is 12.1 Å². The van der Waals surface area contributed by atoms with Gasteiger partial charge in [0, 0.05) is 16.3 Å². The van der Waals surface area contributed by atoms with Gasteiger partial charge in [0.25, 0.3) is 0 Å². The maximum atomic E-state index is 12.3. The number of fused-ring (bicyclic) bond motifs is 1. The number of hydrogen-bond acceptors (Lipinski definition) is 4. The smallest absolute Gasteiger partial charge is 0.200 e. The van der Waals surface area contributed by atoms with Crippen LogP contribution < -0.4 is 5.43 Å². The van der Waals surface area contributed by atoms with Gasteiger partial charge in [-0.25, -0.2) is 0 Å². The van der Waals surface area contributed by atoms with Crippen LogP contribution in [0.15, 0.2) is 64.4 Å². The van der Waals surface area contributed by atoms with Crippen LogP contribution in [0, 0.1) is 0 Å². The number of rotatable bonds is 3. The molecule has 3 aromatic rings. The molecule has 104 valence electrons. The van der Waals surface area contributed by atoms with Gasteiger partial charge in [0.1, 0.15) is 0 Å². The summed E-state index contributed by atoms with van der Waals surface area (Å²) < 4.78 is 0.778. The lowest BCUT2D eigenvalue weighted by atomic mass is 10.2. The second-order valence-corrected chi connectivity index (χ2v) is 5.63. The third-order valence-corrected chi connectivity index (χ3v) is 4.14. The maximum absolute atomic E-state index is 12.3. The SMILES string of the molecule is O=c1c(C=NCc2ccccc2)c(O)sc2ccccc12. The first-order chi connectivity index (χ1) is 10.3. The Bertz CT molecular complexity index is 854. The standard InChI is InChI=1S/C17H13NO2S/c19-16-13-8-4-5-9-15(13)21-17(20)14(16)11-18-10-12-6-2-1-3-7-12/h1-9,11,20H,10H2. The van der Waals surface area contributed by atoms with Crippen LogP contribution in [-0.2, 0) is 6.54 Å². The third kappa shape index (κ3) is 2.85. The maximum Gasteiger partial charge on any atom is 0.200 e. The Morgan fingerprint density at radius 2 is 1.76 bits per heavy atom. The van der Waals surface area contributed by atoms with Crippen molar-refractivity contribution >= 4 is 27.6 Å². The van der Waals surface area contributed by atoms with Crippen molar-refractivity contribution in [3.8, 4) is 5.06 Å². The van der Waals surface area contributed by atoms with E-state index in [-0.39, 0.29) is 16.1 Å². The van der Waals surface area contributed by atoms with Crippen molar-refractivity contribution in [3.05, 3.63) is 75.9 Å². The first-order valence-corrected chi connectivity index (χ1v) is 7.36. The Morgan fingerprint density at radius 3 is 2.57 bits per heavy atom. The fraction of sp³-hybridized carbons (Fsp3) is 0.0588. The number of nitrogens with zero attached hydrogens (tertiary/aromatic N) is 1. The minimum absolute atomic E-state index is 0.00973. The lowest BCUT2D eigenvalue weighted by molar-refractivity contribution is 0.489. The van der Waals surface area contributed by atoms with Gasteiger partial charge in [-0.15, -0.1) is 0 Å². The Labute approximate surface area is 125 Å². The molecule has 0 amide bonds. The average molecular weight is 295 g/mol. The van der Waals surface area contributed by atoms with Gasteiger partial charge in [-0.2, -0.15) is 0 Å². The molecule has 0 aliphatic carbocycles. The Hall–Kier alpha value is -2.46. The monoisotopic (exact) mass is 295 g/mol. The van der Waals surface area contributed by atoms with E-state index < -0.39 is 0 Å². The van der Waals surface area contributed by atoms with E-state index >= 15 is 0 Å². The van der Waals surface area contributed by atoms with Crippen molar-refractivity contribution < 1.29 is 5.11 Å². The highest BCUT2D eigenvalue weighted by Crippen LogP contribution is 2.26.